The van der Waals surface area contributed by atoms with Crippen LogP contribution in [0.1, 0.15) is 42.9 Å². The first-order valence-electron chi connectivity index (χ1n) is 6.36. The molecule has 0 aromatic heterocycles. The Hall–Kier alpha value is -1.02. The van der Waals surface area contributed by atoms with E-state index >= 15 is 0 Å². The monoisotopic (exact) mass is 235 g/mol. The Morgan fingerprint density at radius 2 is 1.76 bits per heavy atom. The molecule has 0 aliphatic heterocycles. The minimum Gasteiger partial charge on any atom is -0.496 e. The zero-order valence-electron chi connectivity index (χ0n) is 11.7. The summed E-state index contributed by atoms with van der Waals surface area (Å²) in [5.74, 6) is 2.06. The lowest BCUT2D eigenvalue weighted by Gasteiger charge is -2.24. The number of nitrogens with two attached hydrogens (primary N) is 1. The molecule has 0 bridgehead atoms. The first-order chi connectivity index (χ1) is 8.01. The van der Waals surface area contributed by atoms with Crippen LogP contribution in [0.25, 0.3) is 0 Å². The second-order valence-corrected chi connectivity index (χ2v) is 5.11. The Labute approximate surface area is 105 Å². The average Bonchev–Trinajstić information content (AvgIpc) is 2.29. The van der Waals surface area contributed by atoms with Crippen molar-refractivity contribution in [1.82, 2.24) is 0 Å². The molecular formula is C15H25NO. The van der Waals surface area contributed by atoms with Gasteiger partial charge in [0.05, 0.1) is 7.11 Å². The van der Waals surface area contributed by atoms with Crippen molar-refractivity contribution in [2.75, 3.05) is 13.7 Å². The van der Waals surface area contributed by atoms with Crippen LogP contribution in [0, 0.1) is 19.8 Å². The van der Waals surface area contributed by atoms with Gasteiger partial charge in [-0.25, -0.2) is 0 Å². The number of methoxy groups -OCH3 is 1. The minimum atomic E-state index is 0.481. The van der Waals surface area contributed by atoms with Crippen molar-refractivity contribution in [3.05, 3.63) is 28.8 Å². The molecule has 1 aromatic rings. The van der Waals surface area contributed by atoms with Gasteiger partial charge in [0, 0.05) is 0 Å². The molecule has 1 rings (SSSR count). The molecule has 0 aliphatic rings. The number of benzene rings is 1. The van der Waals surface area contributed by atoms with Gasteiger partial charge < -0.3 is 10.5 Å². The molecule has 0 aliphatic carbocycles. The molecule has 0 heterocycles. The van der Waals surface area contributed by atoms with E-state index in [-0.39, 0.29) is 0 Å². The fourth-order valence-electron chi connectivity index (χ4n) is 2.31. The third-order valence-electron chi connectivity index (χ3n) is 3.53. The predicted octanol–water partition coefficient (Wildman–Crippen LogP) is 3.40. The van der Waals surface area contributed by atoms with Crippen molar-refractivity contribution in [3.8, 4) is 5.75 Å². The molecule has 0 saturated carbocycles. The molecule has 1 atom stereocenters. The molecule has 0 saturated heterocycles. The highest BCUT2D eigenvalue weighted by molar-refractivity contribution is 5.44. The Kier molecular flexibility index (Phi) is 5.01. The lowest BCUT2D eigenvalue weighted by Crippen LogP contribution is -2.14. The van der Waals surface area contributed by atoms with E-state index in [9.17, 15) is 0 Å². The highest BCUT2D eigenvalue weighted by Gasteiger charge is 2.19. The molecule has 1 unspecified atom stereocenters. The summed E-state index contributed by atoms with van der Waals surface area (Å²) in [5.41, 5.74) is 9.63. The maximum Gasteiger partial charge on any atom is 0.122 e. The van der Waals surface area contributed by atoms with Crippen LogP contribution in [0.3, 0.4) is 0 Å². The van der Waals surface area contributed by atoms with E-state index in [0.29, 0.717) is 11.8 Å². The van der Waals surface area contributed by atoms with Gasteiger partial charge in [-0.15, -0.1) is 0 Å². The molecule has 96 valence electrons. The van der Waals surface area contributed by atoms with E-state index in [4.69, 9.17) is 10.5 Å². The zero-order valence-corrected chi connectivity index (χ0v) is 11.7. The van der Waals surface area contributed by atoms with E-state index in [1.165, 1.54) is 16.7 Å². The van der Waals surface area contributed by atoms with Crippen molar-refractivity contribution in [2.45, 2.75) is 40.0 Å². The zero-order chi connectivity index (χ0) is 13.0. The standard InChI is InChI=1S/C15H25NO/c1-10(2)13(6-7-16)14-8-11(3)12(4)9-15(14)17-5/h8-10,13H,6-7,16H2,1-5H3. The van der Waals surface area contributed by atoms with Crippen LogP contribution < -0.4 is 10.5 Å². The molecule has 0 fully saturated rings. The molecule has 0 spiro atoms. The molecule has 0 amide bonds. The van der Waals surface area contributed by atoms with E-state index in [2.05, 4.69) is 39.8 Å². The number of aryl methyl sites for hydroxylation is 2. The summed E-state index contributed by atoms with van der Waals surface area (Å²) in [4.78, 5) is 0. The van der Waals surface area contributed by atoms with Gasteiger partial charge in [0.1, 0.15) is 5.75 Å². The van der Waals surface area contributed by atoms with Crippen LogP contribution in [0.15, 0.2) is 12.1 Å². The number of ether oxygens (including phenoxy) is 1. The summed E-state index contributed by atoms with van der Waals surface area (Å²) in [5, 5.41) is 0. The molecular weight excluding hydrogens is 210 g/mol. The summed E-state index contributed by atoms with van der Waals surface area (Å²) in [6.07, 6.45) is 1.01. The van der Waals surface area contributed by atoms with E-state index in [0.717, 1.165) is 18.7 Å². The first-order valence-corrected chi connectivity index (χ1v) is 6.36. The van der Waals surface area contributed by atoms with Crippen LogP contribution in [0.2, 0.25) is 0 Å². The van der Waals surface area contributed by atoms with Gasteiger partial charge in [-0.2, -0.15) is 0 Å². The maximum atomic E-state index is 5.72. The highest BCUT2D eigenvalue weighted by atomic mass is 16.5. The fraction of sp³-hybridized carbons (Fsp3) is 0.600. The molecule has 1 aromatic carbocycles. The van der Waals surface area contributed by atoms with Crippen molar-refractivity contribution >= 4 is 0 Å². The third kappa shape index (κ3) is 3.22. The Morgan fingerprint density at radius 3 is 2.24 bits per heavy atom. The van der Waals surface area contributed by atoms with Crippen LogP contribution in [-0.2, 0) is 0 Å². The van der Waals surface area contributed by atoms with Gasteiger partial charge in [-0.3, -0.25) is 0 Å². The Morgan fingerprint density at radius 1 is 1.18 bits per heavy atom. The van der Waals surface area contributed by atoms with Gasteiger partial charge in [0.2, 0.25) is 0 Å². The van der Waals surface area contributed by atoms with Gasteiger partial charge in [0.15, 0.2) is 0 Å². The van der Waals surface area contributed by atoms with Crippen LogP contribution >= 0.6 is 0 Å². The van der Waals surface area contributed by atoms with Crippen LogP contribution in [0.4, 0.5) is 0 Å². The summed E-state index contributed by atoms with van der Waals surface area (Å²) < 4.78 is 5.52. The quantitative estimate of drug-likeness (QED) is 0.849. The van der Waals surface area contributed by atoms with Gasteiger partial charge in [-0.1, -0.05) is 19.9 Å². The highest BCUT2D eigenvalue weighted by Crippen LogP contribution is 2.35. The Balaban J connectivity index is 3.21. The molecule has 2 heteroatoms. The van der Waals surface area contributed by atoms with Gasteiger partial charge in [-0.05, 0) is 61.4 Å². The second-order valence-electron chi connectivity index (χ2n) is 5.11. The number of rotatable bonds is 5. The lowest BCUT2D eigenvalue weighted by atomic mass is 9.84. The van der Waals surface area contributed by atoms with Crippen molar-refractivity contribution in [1.29, 1.82) is 0 Å². The maximum absolute atomic E-state index is 5.72. The second kappa shape index (κ2) is 6.06. The lowest BCUT2D eigenvalue weighted by molar-refractivity contribution is 0.389. The SMILES string of the molecule is COc1cc(C)c(C)cc1C(CCN)C(C)C. The number of hydrogen-bond acceptors (Lipinski definition) is 2. The summed E-state index contributed by atoms with van der Waals surface area (Å²) in [6.45, 7) is 9.48. The van der Waals surface area contributed by atoms with E-state index in [1.807, 2.05) is 0 Å². The first kappa shape index (κ1) is 14.0. The number of hydrogen-bond donors (Lipinski definition) is 1. The largest absolute Gasteiger partial charge is 0.496 e. The van der Waals surface area contributed by atoms with Crippen LogP contribution in [-0.4, -0.2) is 13.7 Å². The predicted molar refractivity (Wildman–Crippen MR) is 73.7 cm³/mol. The molecule has 2 N–H and O–H groups in total. The summed E-state index contributed by atoms with van der Waals surface area (Å²) in [7, 11) is 1.74. The minimum absolute atomic E-state index is 0.481. The Bertz CT molecular complexity index is 371. The fourth-order valence-corrected chi connectivity index (χ4v) is 2.31. The van der Waals surface area contributed by atoms with E-state index < -0.39 is 0 Å². The van der Waals surface area contributed by atoms with Gasteiger partial charge in [0.25, 0.3) is 0 Å². The normalized spacial score (nSPS) is 12.9. The molecule has 17 heavy (non-hydrogen) atoms. The van der Waals surface area contributed by atoms with Crippen molar-refractivity contribution in [3.63, 3.8) is 0 Å². The topological polar surface area (TPSA) is 35.2 Å². The van der Waals surface area contributed by atoms with Crippen molar-refractivity contribution in [2.24, 2.45) is 11.7 Å². The molecule has 0 radical (unpaired) electrons. The van der Waals surface area contributed by atoms with Gasteiger partial charge >= 0.3 is 0 Å². The summed E-state index contributed by atoms with van der Waals surface area (Å²) in [6, 6.07) is 4.39. The van der Waals surface area contributed by atoms with Crippen LogP contribution in [0.5, 0.6) is 5.75 Å². The average molecular weight is 235 g/mol. The molecule has 2 nitrogen and oxygen atoms in total. The summed E-state index contributed by atoms with van der Waals surface area (Å²) >= 11 is 0. The van der Waals surface area contributed by atoms with E-state index in [1.54, 1.807) is 7.11 Å². The van der Waals surface area contributed by atoms with Crippen molar-refractivity contribution < 1.29 is 4.74 Å². The third-order valence-corrected chi connectivity index (χ3v) is 3.53. The smallest absolute Gasteiger partial charge is 0.122 e.